The minimum absolute atomic E-state index is 0.0760. The maximum absolute atomic E-state index is 10.3. The molecule has 1 N–H and O–H groups in total. The van der Waals surface area contributed by atoms with Crippen LogP contribution in [0, 0.1) is 57.7 Å². The number of nitriles is 1. The number of aliphatic hydroxyl groups is 1. The van der Waals surface area contributed by atoms with Gasteiger partial charge in [0.1, 0.15) is 0 Å². The highest BCUT2D eigenvalue weighted by molar-refractivity contribution is 5.12. The summed E-state index contributed by atoms with van der Waals surface area (Å²) in [4.78, 5) is 0. The zero-order valence-electron chi connectivity index (χ0n) is 15.1. The van der Waals surface area contributed by atoms with Crippen molar-refractivity contribution in [1.82, 2.24) is 0 Å². The van der Waals surface area contributed by atoms with Crippen LogP contribution >= 0.6 is 0 Å². The predicted octanol–water partition coefficient (Wildman–Crippen LogP) is 4.78. The summed E-state index contributed by atoms with van der Waals surface area (Å²) >= 11 is 0. The second kappa shape index (κ2) is 5.22. The van der Waals surface area contributed by atoms with Crippen LogP contribution in [0.3, 0.4) is 0 Å². The van der Waals surface area contributed by atoms with Gasteiger partial charge in [-0.25, -0.2) is 0 Å². The molecule has 0 radical (unpaired) electrons. The van der Waals surface area contributed by atoms with Gasteiger partial charge in [0.05, 0.1) is 18.1 Å². The summed E-state index contributed by atoms with van der Waals surface area (Å²) in [7, 11) is 0. The number of hydrogen-bond acceptors (Lipinski definition) is 2. The van der Waals surface area contributed by atoms with E-state index >= 15 is 0 Å². The summed E-state index contributed by atoms with van der Waals surface area (Å²) in [6.45, 7) is 7.23. The van der Waals surface area contributed by atoms with Gasteiger partial charge in [-0.1, -0.05) is 20.8 Å². The minimum atomic E-state index is -0.0760. The summed E-state index contributed by atoms with van der Waals surface area (Å²) in [5, 5.41) is 19.9. The first kappa shape index (κ1) is 15.9. The molecule has 0 spiro atoms. The van der Waals surface area contributed by atoms with Crippen molar-refractivity contribution in [3.05, 3.63) is 0 Å². The molecule has 4 aliphatic rings. The summed E-state index contributed by atoms with van der Waals surface area (Å²) in [6.07, 6.45) is 9.84. The molecule has 9 atom stereocenters. The van der Waals surface area contributed by atoms with E-state index in [1.165, 1.54) is 38.5 Å². The average Bonchev–Trinajstić information content (AvgIpc) is 2.85. The third kappa shape index (κ3) is 2.08. The molecule has 4 aliphatic carbocycles. The molecule has 0 aromatic heterocycles. The van der Waals surface area contributed by atoms with E-state index in [9.17, 15) is 10.4 Å². The third-order valence-electron chi connectivity index (χ3n) is 9.17. The number of rotatable bonds is 0. The number of fused-ring (bicyclic) bond motifs is 5. The van der Waals surface area contributed by atoms with E-state index in [2.05, 4.69) is 26.8 Å². The van der Waals surface area contributed by atoms with E-state index in [0.717, 1.165) is 36.5 Å². The fourth-order valence-corrected chi connectivity index (χ4v) is 7.81. The molecule has 2 heteroatoms. The second-order valence-corrected chi connectivity index (χ2v) is 9.94. The Hall–Kier alpha value is -0.550. The largest absolute Gasteiger partial charge is 0.393 e. The Kier molecular flexibility index (Phi) is 3.62. The average molecular weight is 316 g/mol. The third-order valence-corrected chi connectivity index (χ3v) is 9.17. The van der Waals surface area contributed by atoms with Gasteiger partial charge in [0.15, 0.2) is 0 Å². The van der Waals surface area contributed by atoms with Crippen LogP contribution in [0.4, 0.5) is 0 Å². The molecule has 23 heavy (non-hydrogen) atoms. The summed E-state index contributed by atoms with van der Waals surface area (Å²) in [5.74, 6) is 3.95. The van der Waals surface area contributed by atoms with Gasteiger partial charge in [-0.05, 0) is 91.8 Å². The van der Waals surface area contributed by atoms with Crippen molar-refractivity contribution in [3.63, 3.8) is 0 Å². The quantitative estimate of drug-likeness (QED) is 0.699. The molecule has 4 saturated carbocycles. The summed E-state index contributed by atoms with van der Waals surface area (Å²) in [5.41, 5.74) is 0.729. The van der Waals surface area contributed by atoms with E-state index in [1.54, 1.807) is 0 Å². The first-order valence-corrected chi connectivity index (χ1v) is 9.98. The predicted molar refractivity (Wildman–Crippen MR) is 91.4 cm³/mol. The number of nitrogens with zero attached hydrogens (tertiary/aromatic N) is 1. The van der Waals surface area contributed by atoms with E-state index in [1.807, 2.05) is 0 Å². The van der Waals surface area contributed by atoms with Crippen LogP contribution in [-0.4, -0.2) is 11.2 Å². The molecule has 128 valence electrons. The highest BCUT2D eigenvalue weighted by Crippen LogP contribution is 2.67. The van der Waals surface area contributed by atoms with Crippen LogP contribution in [0.2, 0.25) is 0 Å². The lowest BCUT2D eigenvalue weighted by atomic mass is 9.44. The highest BCUT2D eigenvalue weighted by Gasteiger charge is 2.60. The van der Waals surface area contributed by atoms with Crippen molar-refractivity contribution in [3.8, 4) is 6.07 Å². The van der Waals surface area contributed by atoms with E-state index < -0.39 is 0 Å². The SMILES string of the molecule is C[C@@H]1C[C@]2(C)C3CC[C@@]4(C)C(CC[C@@H]4C#N)[C@@H]3CC[C@H]2C[C@@H]1O. The lowest BCUT2D eigenvalue weighted by molar-refractivity contribution is -0.138. The van der Waals surface area contributed by atoms with Crippen molar-refractivity contribution < 1.29 is 5.11 Å². The molecule has 0 bridgehead atoms. The van der Waals surface area contributed by atoms with Crippen molar-refractivity contribution in [2.75, 3.05) is 0 Å². The topological polar surface area (TPSA) is 44.0 Å². The Balaban J connectivity index is 1.63. The summed E-state index contributed by atoms with van der Waals surface area (Å²) in [6, 6.07) is 2.64. The van der Waals surface area contributed by atoms with Crippen LogP contribution in [-0.2, 0) is 0 Å². The fourth-order valence-electron chi connectivity index (χ4n) is 7.81. The second-order valence-electron chi connectivity index (χ2n) is 9.94. The Morgan fingerprint density at radius 2 is 1.74 bits per heavy atom. The lowest BCUT2D eigenvalue weighted by Crippen LogP contribution is -2.55. The molecule has 0 aliphatic heterocycles. The first-order chi connectivity index (χ1) is 10.9. The van der Waals surface area contributed by atoms with Gasteiger partial charge in [0.2, 0.25) is 0 Å². The van der Waals surface area contributed by atoms with Gasteiger partial charge in [-0.2, -0.15) is 5.26 Å². The minimum Gasteiger partial charge on any atom is -0.393 e. The monoisotopic (exact) mass is 315 g/mol. The Labute approximate surface area is 141 Å². The van der Waals surface area contributed by atoms with E-state index in [-0.39, 0.29) is 6.10 Å². The molecular weight excluding hydrogens is 282 g/mol. The lowest BCUT2D eigenvalue weighted by Gasteiger charge is -2.61. The summed E-state index contributed by atoms with van der Waals surface area (Å²) < 4.78 is 0. The van der Waals surface area contributed by atoms with Gasteiger partial charge in [-0.15, -0.1) is 0 Å². The van der Waals surface area contributed by atoms with Crippen molar-refractivity contribution in [2.24, 2.45) is 46.3 Å². The number of hydrogen-bond donors (Lipinski definition) is 1. The molecule has 0 heterocycles. The van der Waals surface area contributed by atoms with Crippen LogP contribution in [0.1, 0.15) is 72.1 Å². The van der Waals surface area contributed by atoms with Gasteiger partial charge >= 0.3 is 0 Å². The molecule has 4 rings (SSSR count). The zero-order valence-corrected chi connectivity index (χ0v) is 15.1. The van der Waals surface area contributed by atoms with Gasteiger partial charge in [0, 0.05) is 0 Å². The Morgan fingerprint density at radius 1 is 1.00 bits per heavy atom. The highest BCUT2D eigenvalue weighted by atomic mass is 16.3. The van der Waals surface area contributed by atoms with Crippen LogP contribution in [0.5, 0.6) is 0 Å². The van der Waals surface area contributed by atoms with Gasteiger partial charge in [-0.3, -0.25) is 0 Å². The molecule has 4 fully saturated rings. The van der Waals surface area contributed by atoms with E-state index in [0.29, 0.717) is 22.7 Å². The maximum atomic E-state index is 10.3. The van der Waals surface area contributed by atoms with Crippen LogP contribution in [0.25, 0.3) is 0 Å². The molecule has 0 aromatic rings. The molecule has 0 saturated heterocycles. The molecule has 2 unspecified atom stereocenters. The fraction of sp³-hybridized carbons (Fsp3) is 0.952. The smallest absolute Gasteiger partial charge is 0.0661 e. The molecular formula is C21H33NO. The Morgan fingerprint density at radius 3 is 2.48 bits per heavy atom. The molecule has 2 nitrogen and oxygen atoms in total. The maximum Gasteiger partial charge on any atom is 0.0661 e. The zero-order chi connectivity index (χ0) is 16.4. The van der Waals surface area contributed by atoms with E-state index in [4.69, 9.17) is 0 Å². The van der Waals surface area contributed by atoms with Crippen molar-refractivity contribution in [1.29, 1.82) is 5.26 Å². The van der Waals surface area contributed by atoms with Crippen molar-refractivity contribution in [2.45, 2.75) is 78.2 Å². The standard InChI is InChI=1S/C21H33NO/c1-13-11-21(3)14(10-19(13)23)4-6-16-17-7-5-15(12-22)20(17,2)9-8-18(16)21/h13-19,23H,4-11H2,1-3H3/t13-,14+,15-,16+,17?,18?,19+,20-,21+/m1/s1. The first-order valence-electron chi connectivity index (χ1n) is 9.98. The van der Waals surface area contributed by atoms with Gasteiger partial charge < -0.3 is 5.11 Å². The number of aliphatic hydroxyl groups excluding tert-OH is 1. The normalized spacial score (nSPS) is 58.7. The van der Waals surface area contributed by atoms with Crippen molar-refractivity contribution >= 4 is 0 Å². The Bertz CT molecular complexity index is 524. The molecule has 0 amide bonds. The van der Waals surface area contributed by atoms with Crippen LogP contribution < -0.4 is 0 Å². The molecule has 0 aromatic carbocycles. The van der Waals surface area contributed by atoms with Gasteiger partial charge in [0.25, 0.3) is 0 Å². The van der Waals surface area contributed by atoms with Crippen LogP contribution in [0.15, 0.2) is 0 Å².